The molecule has 0 fully saturated rings. The Morgan fingerprint density at radius 3 is 2.25 bits per heavy atom. The maximum atomic E-state index is 13.2. The van der Waals surface area contributed by atoms with Crippen LogP contribution in [0.5, 0.6) is 0 Å². The summed E-state index contributed by atoms with van der Waals surface area (Å²) < 4.78 is 39.9. The van der Waals surface area contributed by atoms with Crippen molar-refractivity contribution in [3.63, 3.8) is 0 Å². The molecule has 2 aromatic carbocycles. The molecular formula is C14H8BrF3N2. The molecule has 20 heavy (non-hydrogen) atoms. The summed E-state index contributed by atoms with van der Waals surface area (Å²) in [6.07, 6.45) is -4.59. The van der Waals surface area contributed by atoms with Gasteiger partial charge in [0.2, 0.25) is 0 Å². The SMILES string of the molecule is N#Cc1c(Br)cccc1-c1cccc(N)c1C(F)(F)F. The molecule has 2 rings (SSSR count). The van der Waals surface area contributed by atoms with Crippen LogP contribution in [0.25, 0.3) is 11.1 Å². The second kappa shape index (κ2) is 5.17. The molecule has 0 atom stereocenters. The maximum Gasteiger partial charge on any atom is 0.418 e. The lowest BCUT2D eigenvalue weighted by molar-refractivity contribution is -0.136. The summed E-state index contributed by atoms with van der Waals surface area (Å²) in [5.41, 5.74) is 4.41. The Kier molecular flexibility index (Phi) is 3.73. The summed E-state index contributed by atoms with van der Waals surface area (Å²) in [6.45, 7) is 0. The Morgan fingerprint density at radius 1 is 1.05 bits per heavy atom. The van der Waals surface area contributed by atoms with Gasteiger partial charge in [-0.25, -0.2) is 0 Å². The third-order valence-corrected chi connectivity index (χ3v) is 3.46. The van der Waals surface area contributed by atoms with Crippen LogP contribution in [0, 0.1) is 11.3 Å². The molecule has 0 amide bonds. The molecule has 102 valence electrons. The lowest BCUT2D eigenvalue weighted by atomic mass is 9.94. The number of benzene rings is 2. The van der Waals surface area contributed by atoms with Crippen LogP contribution in [-0.2, 0) is 6.18 Å². The van der Waals surface area contributed by atoms with Crippen molar-refractivity contribution in [3.05, 3.63) is 52.0 Å². The van der Waals surface area contributed by atoms with Crippen molar-refractivity contribution < 1.29 is 13.2 Å². The molecule has 0 saturated carbocycles. The molecule has 0 spiro atoms. The van der Waals surface area contributed by atoms with E-state index in [0.717, 1.165) is 0 Å². The van der Waals surface area contributed by atoms with E-state index in [-0.39, 0.29) is 22.4 Å². The zero-order valence-corrected chi connectivity index (χ0v) is 11.6. The Labute approximate surface area is 121 Å². The highest BCUT2D eigenvalue weighted by Gasteiger charge is 2.36. The average molecular weight is 341 g/mol. The standard InChI is InChI=1S/C14H8BrF3N2/c15-11-5-1-3-8(10(11)7-19)9-4-2-6-12(20)13(9)14(16,17)18/h1-6H,20H2. The Morgan fingerprint density at radius 2 is 1.65 bits per heavy atom. The highest BCUT2D eigenvalue weighted by molar-refractivity contribution is 9.10. The van der Waals surface area contributed by atoms with Crippen molar-refractivity contribution in [3.8, 4) is 17.2 Å². The van der Waals surface area contributed by atoms with Crippen LogP contribution in [0.2, 0.25) is 0 Å². The highest BCUT2D eigenvalue weighted by Crippen LogP contribution is 2.42. The first-order valence-corrected chi connectivity index (χ1v) is 6.30. The van der Waals surface area contributed by atoms with Crippen molar-refractivity contribution in [1.82, 2.24) is 0 Å². The fourth-order valence-electron chi connectivity index (χ4n) is 1.97. The van der Waals surface area contributed by atoms with E-state index in [4.69, 9.17) is 11.0 Å². The molecule has 0 saturated heterocycles. The zero-order chi connectivity index (χ0) is 14.9. The van der Waals surface area contributed by atoms with E-state index in [9.17, 15) is 13.2 Å². The molecule has 2 nitrogen and oxygen atoms in total. The summed E-state index contributed by atoms with van der Waals surface area (Å²) in [5, 5.41) is 9.13. The molecule has 0 aliphatic heterocycles. The molecular weight excluding hydrogens is 333 g/mol. The Balaban J connectivity index is 2.82. The van der Waals surface area contributed by atoms with Crippen molar-refractivity contribution in [2.24, 2.45) is 0 Å². The molecule has 2 aromatic rings. The topological polar surface area (TPSA) is 49.8 Å². The van der Waals surface area contributed by atoms with Gasteiger partial charge in [0.15, 0.2) is 0 Å². The second-order valence-electron chi connectivity index (χ2n) is 4.04. The summed E-state index contributed by atoms with van der Waals surface area (Å²) >= 11 is 3.16. The van der Waals surface area contributed by atoms with Crippen LogP contribution in [0.1, 0.15) is 11.1 Å². The van der Waals surface area contributed by atoms with E-state index in [1.807, 2.05) is 6.07 Å². The number of alkyl halides is 3. The zero-order valence-electron chi connectivity index (χ0n) is 10.0. The van der Waals surface area contributed by atoms with Crippen LogP contribution in [0.15, 0.2) is 40.9 Å². The first-order valence-electron chi connectivity index (χ1n) is 5.51. The third kappa shape index (κ3) is 2.49. The first kappa shape index (κ1) is 14.4. The van der Waals surface area contributed by atoms with Crippen LogP contribution in [0.3, 0.4) is 0 Å². The third-order valence-electron chi connectivity index (χ3n) is 2.80. The molecule has 2 N–H and O–H groups in total. The molecule has 0 unspecified atom stereocenters. The van der Waals surface area contributed by atoms with Crippen molar-refractivity contribution >= 4 is 21.6 Å². The maximum absolute atomic E-state index is 13.2. The predicted octanol–water partition coefficient (Wildman–Crippen LogP) is 4.59. The molecule has 0 heterocycles. The Bertz CT molecular complexity index is 703. The lowest BCUT2D eigenvalue weighted by Gasteiger charge is -2.16. The molecule has 0 radical (unpaired) electrons. The van der Waals surface area contributed by atoms with Gasteiger partial charge in [-0.15, -0.1) is 0 Å². The van der Waals surface area contributed by atoms with E-state index in [1.54, 1.807) is 12.1 Å². The van der Waals surface area contributed by atoms with Crippen molar-refractivity contribution in [2.75, 3.05) is 5.73 Å². The van der Waals surface area contributed by atoms with Gasteiger partial charge >= 0.3 is 6.18 Å². The predicted molar refractivity (Wildman–Crippen MR) is 73.7 cm³/mol. The number of hydrogen-bond donors (Lipinski definition) is 1. The summed E-state index contributed by atoms with van der Waals surface area (Å²) in [4.78, 5) is 0. The first-order chi connectivity index (χ1) is 9.36. The second-order valence-corrected chi connectivity index (χ2v) is 4.90. The van der Waals surface area contributed by atoms with Gasteiger partial charge in [-0.05, 0) is 33.6 Å². The smallest absolute Gasteiger partial charge is 0.398 e. The molecule has 0 bridgehead atoms. The number of hydrogen-bond acceptors (Lipinski definition) is 2. The van der Waals surface area contributed by atoms with E-state index >= 15 is 0 Å². The number of anilines is 1. The minimum absolute atomic E-state index is 0.102. The Hall–Kier alpha value is -2.00. The minimum Gasteiger partial charge on any atom is -0.398 e. The van der Waals surface area contributed by atoms with Crippen LogP contribution in [-0.4, -0.2) is 0 Å². The van der Waals surface area contributed by atoms with Gasteiger partial charge in [-0.2, -0.15) is 18.4 Å². The fraction of sp³-hybridized carbons (Fsp3) is 0.0714. The summed E-state index contributed by atoms with van der Waals surface area (Å²) in [6, 6.07) is 10.5. The van der Waals surface area contributed by atoms with Crippen LogP contribution >= 0.6 is 15.9 Å². The monoisotopic (exact) mass is 340 g/mol. The molecule has 0 aromatic heterocycles. The van der Waals surface area contributed by atoms with Gasteiger partial charge in [0.1, 0.15) is 6.07 Å². The van der Waals surface area contributed by atoms with Gasteiger partial charge in [0, 0.05) is 15.7 Å². The number of nitrogens with zero attached hydrogens (tertiary/aromatic N) is 1. The van der Waals surface area contributed by atoms with Gasteiger partial charge in [-0.3, -0.25) is 0 Å². The minimum atomic E-state index is -4.59. The van der Waals surface area contributed by atoms with E-state index in [2.05, 4.69) is 15.9 Å². The van der Waals surface area contributed by atoms with Gasteiger partial charge in [-0.1, -0.05) is 24.3 Å². The number of halogens is 4. The van der Waals surface area contributed by atoms with Gasteiger partial charge in [0.25, 0.3) is 0 Å². The van der Waals surface area contributed by atoms with Gasteiger partial charge in [0.05, 0.1) is 11.1 Å². The molecule has 0 aliphatic carbocycles. The average Bonchev–Trinajstić information content (AvgIpc) is 2.36. The normalized spacial score (nSPS) is 11.2. The van der Waals surface area contributed by atoms with E-state index in [0.29, 0.717) is 4.47 Å². The van der Waals surface area contributed by atoms with E-state index < -0.39 is 11.7 Å². The van der Waals surface area contributed by atoms with Crippen LogP contribution in [0.4, 0.5) is 18.9 Å². The fourth-order valence-corrected chi connectivity index (χ4v) is 2.43. The quantitative estimate of drug-likeness (QED) is 0.772. The molecule has 0 aliphatic rings. The highest BCUT2D eigenvalue weighted by atomic mass is 79.9. The van der Waals surface area contributed by atoms with Crippen LogP contribution < -0.4 is 5.73 Å². The largest absolute Gasteiger partial charge is 0.418 e. The number of nitrogens with two attached hydrogens (primary N) is 1. The van der Waals surface area contributed by atoms with E-state index in [1.165, 1.54) is 24.3 Å². The number of rotatable bonds is 1. The lowest BCUT2D eigenvalue weighted by Crippen LogP contribution is -2.11. The van der Waals surface area contributed by atoms with Crippen molar-refractivity contribution in [1.29, 1.82) is 5.26 Å². The number of nitrogen functional groups attached to an aromatic ring is 1. The summed E-state index contributed by atoms with van der Waals surface area (Å²) in [5.74, 6) is 0. The number of nitriles is 1. The van der Waals surface area contributed by atoms with Crippen molar-refractivity contribution in [2.45, 2.75) is 6.18 Å². The molecule has 6 heteroatoms. The summed E-state index contributed by atoms with van der Waals surface area (Å²) in [7, 11) is 0. The van der Waals surface area contributed by atoms with Gasteiger partial charge < -0.3 is 5.73 Å².